The highest BCUT2D eigenvalue weighted by atomic mass is 35.5. The van der Waals surface area contributed by atoms with Crippen molar-refractivity contribution < 1.29 is 4.79 Å². The second-order valence-corrected chi connectivity index (χ2v) is 7.32. The summed E-state index contributed by atoms with van der Waals surface area (Å²) in [7, 11) is 1.95. The van der Waals surface area contributed by atoms with Gasteiger partial charge in [0.2, 0.25) is 0 Å². The number of nitrogens with zero attached hydrogens (tertiary/aromatic N) is 5. The van der Waals surface area contributed by atoms with Gasteiger partial charge in [-0.25, -0.2) is 9.50 Å². The Morgan fingerprint density at radius 1 is 1.21 bits per heavy atom. The number of hydrogen-bond acceptors (Lipinski definition) is 5. The first-order valence-corrected chi connectivity index (χ1v) is 9.80. The third kappa shape index (κ3) is 3.87. The van der Waals surface area contributed by atoms with Gasteiger partial charge in [0, 0.05) is 56.1 Å². The molecule has 1 saturated heterocycles. The monoisotopic (exact) mass is 398 g/mol. The minimum atomic E-state index is -0.0333. The van der Waals surface area contributed by atoms with Crippen LogP contribution in [0.5, 0.6) is 0 Å². The Balaban J connectivity index is 1.55. The third-order valence-electron chi connectivity index (χ3n) is 5.06. The van der Waals surface area contributed by atoms with E-state index >= 15 is 0 Å². The normalized spacial score (nSPS) is 15.3. The molecule has 0 unspecified atom stereocenters. The molecule has 0 atom stereocenters. The van der Waals surface area contributed by atoms with Crippen LogP contribution < -0.4 is 5.32 Å². The maximum absolute atomic E-state index is 13.0. The number of carbonyl (C=O) groups excluding carboxylic acids is 1. The number of rotatable bonds is 5. The average Bonchev–Trinajstić information content (AvgIpc) is 3.15. The Morgan fingerprint density at radius 2 is 2.04 bits per heavy atom. The van der Waals surface area contributed by atoms with Gasteiger partial charge >= 0.3 is 0 Å². The van der Waals surface area contributed by atoms with Crippen molar-refractivity contribution in [2.75, 3.05) is 46.3 Å². The van der Waals surface area contributed by atoms with Crippen molar-refractivity contribution in [2.24, 2.45) is 0 Å². The number of benzene rings is 1. The maximum Gasteiger partial charge on any atom is 0.272 e. The smallest absolute Gasteiger partial charge is 0.272 e. The van der Waals surface area contributed by atoms with E-state index in [2.05, 4.69) is 20.3 Å². The Bertz CT molecular complexity index is 980. The van der Waals surface area contributed by atoms with Crippen molar-refractivity contribution in [1.82, 2.24) is 29.7 Å². The number of piperazine rings is 1. The summed E-state index contributed by atoms with van der Waals surface area (Å²) in [6, 6.07) is 9.29. The van der Waals surface area contributed by atoms with E-state index in [1.165, 1.54) is 0 Å². The minimum absolute atomic E-state index is 0.0333. The molecule has 0 radical (unpaired) electrons. The van der Waals surface area contributed by atoms with E-state index in [1.807, 2.05) is 36.2 Å². The molecule has 0 bridgehead atoms. The van der Waals surface area contributed by atoms with Crippen LogP contribution >= 0.6 is 11.6 Å². The summed E-state index contributed by atoms with van der Waals surface area (Å²) in [5.41, 5.74) is 2.88. The van der Waals surface area contributed by atoms with Crippen LogP contribution in [0.15, 0.2) is 42.7 Å². The van der Waals surface area contributed by atoms with Crippen LogP contribution in [0, 0.1) is 0 Å². The van der Waals surface area contributed by atoms with Crippen molar-refractivity contribution in [3.63, 3.8) is 0 Å². The molecule has 7 nitrogen and oxygen atoms in total. The molecule has 1 aliphatic heterocycles. The molecule has 1 fully saturated rings. The number of likely N-dealkylation sites (N-methyl/N-ethyl adjacent to an activating group) is 1. The Labute approximate surface area is 168 Å². The zero-order chi connectivity index (χ0) is 19.5. The van der Waals surface area contributed by atoms with Crippen molar-refractivity contribution in [3.8, 4) is 11.1 Å². The predicted molar refractivity (Wildman–Crippen MR) is 110 cm³/mol. The molecule has 28 heavy (non-hydrogen) atoms. The molecule has 0 spiro atoms. The van der Waals surface area contributed by atoms with Gasteiger partial charge in [0.05, 0.1) is 6.20 Å². The number of fused-ring (bicyclic) bond motifs is 1. The van der Waals surface area contributed by atoms with Crippen LogP contribution in [-0.4, -0.2) is 76.6 Å². The molecule has 4 rings (SSSR count). The fraction of sp³-hybridized carbons (Fsp3) is 0.350. The van der Waals surface area contributed by atoms with Crippen LogP contribution in [0.4, 0.5) is 0 Å². The van der Waals surface area contributed by atoms with E-state index in [4.69, 9.17) is 11.6 Å². The van der Waals surface area contributed by atoms with E-state index in [0.717, 1.165) is 50.4 Å². The van der Waals surface area contributed by atoms with Crippen molar-refractivity contribution in [3.05, 3.63) is 53.4 Å². The molecule has 3 aromatic rings. The molecule has 2 aromatic heterocycles. The van der Waals surface area contributed by atoms with Gasteiger partial charge in [-0.1, -0.05) is 23.7 Å². The van der Waals surface area contributed by atoms with Crippen molar-refractivity contribution >= 4 is 23.2 Å². The lowest BCUT2D eigenvalue weighted by Gasteiger charge is -2.34. The highest BCUT2D eigenvalue weighted by molar-refractivity contribution is 6.30. The summed E-state index contributed by atoms with van der Waals surface area (Å²) in [6.45, 7) is 5.17. The first-order chi connectivity index (χ1) is 13.7. The number of hydrogen-bond donors (Lipinski definition) is 1. The zero-order valence-electron chi connectivity index (χ0n) is 15.8. The van der Waals surface area contributed by atoms with Crippen LogP contribution in [0.25, 0.3) is 16.8 Å². The second-order valence-electron chi connectivity index (χ2n) is 6.89. The van der Waals surface area contributed by atoms with E-state index in [9.17, 15) is 4.79 Å². The number of carbonyl (C=O) groups is 1. The lowest BCUT2D eigenvalue weighted by Crippen LogP contribution is -2.50. The minimum Gasteiger partial charge on any atom is -0.335 e. The number of halogens is 1. The standard InChI is InChI=1S/C20H23ClN6O/c1-22-6-8-25-9-11-26(12-10-25)20(28)18-5-7-27-19(24-18)17(14-23-27)15-3-2-4-16(21)13-15/h2-5,7,13-14,22H,6,8-12H2,1H3. The summed E-state index contributed by atoms with van der Waals surface area (Å²) in [5.74, 6) is -0.0333. The molecular weight excluding hydrogens is 376 g/mol. The molecule has 0 saturated carbocycles. The molecule has 1 aliphatic rings. The first kappa shape index (κ1) is 18.9. The molecule has 146 valence electrons. The van der Waals surface area contributed by atoms with Gasteiger partial charge in [0.1, 0.15) is 5.69 Å². The topological polar surface area (TPSA) is 65.8 Å². The van der Waals surface area contributed by atoms with E-state index in [1.54, 1.807) is 23.0 Å². The molecular formula is C20H23ClN6O. The van der Waals surface area contributed by atoms with Gasteiger partial charge in [-0.05, 0) is 30.8 Å². The van der Waals surface area contributed by atoms with Gasteiger partial charge in [0.15, 0.2) is 5.65 Å². The van der Waals surface area contributed by atoms with E-state index in [-0.39, 0.29) is 5.91 Å². The average molecular weight is 399 g/mol. The lowest BCUT2D eigenvalue weighted by molar-refractivity contribution is 0.0633. The second kappa shape index (κ2) is 8.26. The summed E-state index contributed by atoms with van der Waals surface area (Å²) >= 11 is 6.12. The third-order valence-corrected chi connectivity index (χ3v) is 5.30. The van der Waals surface area contributed by atoms with Crippen molar-refractivity contribution in [1.29, 1.82) is 0 Å². The van der Waals surface area contributed by atoms with E-state index in [0.29, 0.717) is 16.4 Å². The molecule has 1 amide bonds. The Kier molecular flexibility index (Phi) is 5.57. The highest BCUT2D eigenvalue weighted by Gasteiger charge is 2.23. The van der Waals surface area contributed by atoms with Gasteiger partial charge < -0.3 is 10.2 Å². The fourth-order valence-corrected chi connectivity index (χ4v) is 3.64. The molecule has 8 heteroatoms. The maximum atomic E-state index is 13.0. The highest BCUT2D eigenvalue weighted by Crippen LogP contribution is 2.26. The number of amides is 1. The Hall–Kier alpha value is -2.48. The SMILES string of the molecule is CNCCN1CCN(C(=O)c2ccn3ncc(-c4cccc(Cl)c4)c3n2)CC1. The van der Waals surface area contributed by atoms with Gasteiger partial charge in [-0.3, -0.25) is 9.69 Å². The van der Waals surface area contributed by atoms with Crippen LogP contribution in [0.3, 0.4) is 0 Å². The van der Waals surface area contributed by atoms with Crippen molar-refractivity contribution in [2.45, 2.75) is 0 Å². The van der Waals surface area contributed by atoms with Gasteiger partial charge in [-0.2, -0.15) is 5.10 Å². The summed E-state index contributed by atoms with van der Waals surface area (Å²) < 4.78 is 1.68. The molecule has 0 aliphatic carbocycles. The quantitative estimate of drug-likeness (QED) is 0.712. The summed E-state index contributed by atoms with van der Waals surface area (Å²) in [5, 5.41) is 8.17. The molecule has 1 aromatic carbocycles. The summed E-state index contributed by atoms with van der Waals surface area (Å²) in [4.78, 5) is 21.8. The fourth-order valence-electron chi connectivity index (χ4n) is 3.45. The Morgan fingerprint density at radius 3 is 2.79 bits per heavy atom. The van der Waals surface area contributed by atoms with Crippen LogP contribution in [0.1, 0.15) is 10.5 Å². The zero-order valence-corrected chi connectivity index (χ0v) is 16.6. The number of nitrogens with one attached hydrogen (secondary N) is 1. The molecule has 1 N–H and O–H groups in total. The van der Waals surface area contributed by atoms with Gasteiger partial charge in [-0.15, -0.1) is 0 Å². The van der Waals surface area contributed by atoms with Gasteiger partial charge in [0.25, 0.3) is 5.91 Å². The van der Waals surface area contributed by atoms with Crippen LogP contribution in [-0.2, 0) is 0 Å². The lowest BCUT2D eigenvalue weighted by atomic mass is 10.1. The molecule has 3 heterocycles. The first-order valence-electron chi connectivity index (χ1n) is 9.42. The number of aromatic nitrogens is 3. The van der Waals surface area contributed by atoms with E-state index < -0.39 is 0 Å². The largest absolute Gasteiger partial charge is 0.335 e. The summed E-state index contributed by atoms with van der Waals surface area (Å²) in [6.07, 6.45) is 3.54. The predicted octanol–water partition coefficient (Wildman–Crippen LogP) is 2.03. The van der Waals surface area contributed by atoms with Crippen LogP contribution in [0.2, 0.25) is 5.02 Å².